The normalized spacial score (nSPS) is 22.0. The Kier molecular flexibility index (Phi) is 6.42. The minimum atomic E-state index is -3.47. The molecule has 0 aliphatic heterocycles. The quantitative estimate of drug-likeness (QED) is 0.762. The van der Waals surface area contributed by atoms with Crippen LogP contribution in [-0.4, -0.2) is 24.9 Å². The van der Waals surface area contributed by atoms with E-state index in [1.807, 2.05) is 39.0 Å². The number of aliphatic hydroxyl groups excluding tert-OH is 1. The molecule has 2 rings (SSSR count). The predicted octanol–water partition coefficient (Wildman–Crippen LogP) is 4.46. The van der Waals surface area contributed by atoms with Crippen molar-refractivity contribution < 1.29 is 13.5 Å². The summed E-state index contributed by atoms with van der Waals surface area (Å²) in [7, 11) is -3.47. The Morgan fingerprint density at radius 3 is 2.52 bits per heavy atom. The number of aliphatic hydroxyl groups is 1. The van der Waals surface area contributed by atoms with E-state index < -0.39 is 21.2 Å². The van der Waals surface area contributed by atoms with Crippen molar-refractivity contribution in [1.29, 1.82) is 0 Å². The first kappa shape index (κ1) is 19.7. The summed E-state index contributed by atoms with van der Waals surface area (Å²) in [6.45, 7) is 9.90. The van der Waals surface area contributed by atoms with Crippen LogP contribution in [0.4, 0.5) is 0 Å². The zero-order chi connectivity index (χ0) is 18.6. The van der Waals surface area contributed by atoms with Crippen molar-refractivity contribution >= 4 is 9.84 Å². The van der Waals surface area contributed by atoms with Crippen LogP contribution in [0.3, 0.4) is 0 Å². The van der Waals surface area contributed by atoms with Crippen LogP contribution >= 0.6 is 0 Å². The van der Waals surface area contributed by atoms with Crippen LogP contribution in [0.5, 0.6) is 0 Å². The zero-order valence-electron chi connectivity index (χ0n) is 15.3. The van der Waals surface area contributed by atoms with Gasteiger partial charge in [-0.2, -0.15) is 0 Å². The molecule has 0 saturated carbocycles. The highest BCUT2D eigenvalue weighted by atomic mass is 32.2. The van der Waals surface area contributed by atoms with E-state index in [1.165, 1.54) is 0 Å². The predicted molar refractivity (Wildman–Crippen MR) is 103 cm³/mol. The third-order valence-electron chi connectivity index (χ3n) is 4.79. The molecule has 0 bridgehead atoms. The fourth-order valence-electron chi connectivity index (χ4n) is 3.19. The fourth-order valence-corrected chi connectivity index (χ4v) is 4.96. The Morgan fingerprint density at radius 1 is 1.32 bits per heavy atom. The van der Waals surface area contributed by atoms with Gasteiger partial charge in [0.25, 0.3) is 0 Å². The summed E-state index contributed by atoms with van der Waals surface area (Å²) in [4.78, 5) is 0.338. The Balaban J connectivity index is 2.25. The van der Waals surface area contributed by atoms with Crippen molar-refractivity contribution in [1.82, 2.24) is 0 Å². The first-order chi connectivity index (χ1) is 11.7. The second-order valence-corrected chi connectivity index (χ2v) is 9.30. The fraction of sp³-hybridized carbons (Fsp3) is 0.429. The van der Waals surface area contributed by atoms with Gasteiger partial charge in [-0.1, -0.05) is 48.1 Å². The molecular formula is C21H28O3S. The lowest BCUT2D eigenvalue weighted by molar-refractivity contribution is 0.174. The molecule has 25 heavy (non-hydrogen) atoms. The van der Waals surface area contributed by atoms with Crippen LogP contribution in [-0.2, 0) is 9.84 Å². The van der Waals surface area contributed by atoms with Crippen molar-refractivity contribution in [2.75, 3.05) is 0 Å². The minimum Gasteiger partial charge on any atom is -0.389 e. The molecule has 0 radical (unpaired) electrons. The molecule has 0 amide bonds. The molecule has 1 aliphatic rings. The van der Waals surface area contributed by atoms with E-state index in [0.29, 0.717) is 17.7 Å². The summed E-state index contributed by atoms with van der Waals surface area (Å²) in [6, 6.07) is 8.57. The van der Waals surface area contributed by atoms with Gasteiger partial charge >= 0.3 is 0 Å². The van der Waals surface area contributed by atoms with Gasteiger partial charge < -0.3 is 5.11 Å². The number of allylic oxidation sites excluding steroid dienone is 3. The van der Waals surface area contributed by atoms with Gasteiger partial charge in [0, 0.05) is 0 Å². The van der Waals surface area contributed by atoms with Crippen LogP contribution < -0.4 is 0 Å². The minimum absolute atomic E-state index is 0.123. The average Bonchev–Trinajstić information content (AvgIpc) is 2.57. The second-order valence-electron chi connectivity index (χ2n) is 7.14. The van der Waals surface area contributed by atoms with E-state index in [0.717, 1.165) is 23.1 Å². The topological polar surface area (TPSA) is 54.4 Å². The first-order valence-corrected chi connectivity index (χ1v) is 10.2. The van der Waals surface area contributed by atoms with Crippen molar-refractivity contribution in [3.63, 3.8) is 0 Å². The van der Waals surface area contributed by atoms with Gasteiger partial charge in [0.2, 0.25) is 0 Å². The lowest BCUT2D eigenvalue weighted by Gasteiger charge is -2.28. The maximum Gasteiger partial charge on any atom is 0.185 e. The van der Waals surface area contributed by atoms with Gasteiger partial charge in [-0.05, 0) is 63.7 Å². The summed E-state index contributed by atoms with van der Waals surface area (Å²) >= 11 is 0. The molecule has 0 aromatic heterocycles. The van der Waals surface area contributed by atoms with Gasteiger partial charge in [0.15, 0.2) is 9.84 Å². The second kappa shape index (κ2) is 8.15. The summed E-state index contributed by atoms with van der Waals surface area (Å²) in [5.74, 6) is 0.123. The smallest absolute Gasteiger partial charge is 0.185 e. The lowest BCUT2D eigenvalue weighted by Crippen LogP contribution is -2.25. The van der Waals surface area contributed by atoms with Crippen molar-refractivity contribution in [3.8, 4) is 0 Å². The van der Waals surface area contributed by atoms with E-state index in [1.54, 1.807) is 24.3 Å². The zero-order valence-corrected chi connectivity index (χ0v) is 16.1. The van der Waals surface area contributed by atoms with Gasteiger partial charge in [-0.15, -0.1) is 0 Å². The maximum atomic E-state index is 13.1. The third-order valence-corrected chi connectivity index (χ3v) is 6.82. The average molecular weight is 361 g/mol. The van der Waals surface area contributed by atoms with Crippen LogP contribution in [0, 0.1) is 5.92 Å². The highest BCUT2D eigenvalue weighted by Gasteiger charge is 2.29. The highest BCUT2D eigenvalue weighted by Crippen LogP contribution is 2.33. The van der Waals surface area contributed by atoms with Crippen LogP contribution in [0.1, 0.15) is 40.0 Å². The number of benzene rings is 1. The van der Waals surface area contributed by atoms with Crippen molar-refractivity contribution in [2.45, 2.75) is 56.3 Å². The highest BCUT2D eigenvalue weighted by molar-refractivity contribution is 7.92. The van der Waals surface area contributed by atoms with Gasteiger partial charge in [-0.3, -0.25) is 0 Å². The molecule has 1 aliphatic carbocycles. The Labute approximate surface area is 151 Å². The monoisotopic (exact) mass is 360 g/mol. The molecule has 136 valence electrons. The standard InChI is InChI=1S/C21H28O3S/c1-15(2)12-20(25(23,24)19-8-6-5-7-9-19)13-17(4)18-11-10-16(3)21(22)14-18/h5-10,12,18,20-22H,4,11,13-14H2,1-3H3/t18-,20?,21-/m1/s1. The van der Waals surface area contributed by atoms with E-state index in [-0.39, 0.29) is 5.92 Å². The Morgan fingerprint density at radius 2 is 1.96 bits per heavy atom. The molecule has 0 spiro atoms. The van der Waals surface area contributed by atoms with E-state index >= 15 is 0 Å². The van der Waals surface area contributed by atoms with Crippen LogP contribution in [0.25, 0.3) is 0 Å². The molecular weight excluding hydrogens is 332 g/mol. The van der Waals surface area contributed by atoms with E-state index in [9.17, 15) is 13.5 Å². The third kappa shape index (κ3) is 4.93. The molecule has 3 atom stereocenters. The lowest BCUT2D eigenvalue weighted by atomic mass is 9.82. The number of sulfone groups is 1. The van der Waals surface area contributed by atoms with Crippen LogP contribution in [0.15, 0.2) is 70.7 Å². The number of hydrogen-bond acceptors (Lipinski definition) is 3. The summed E-state index contributed by atoms with van der Waals surface area (Å²) in [5, 5.41) is 9.45. The molecule has 1 N–H and O–H groups in total. The Bertz CT molecular complexity index is 769. The van der Waals surface area contributed by atoms with E-state index in [2.05, 4.69) is 6.58 Å². The molecule has 3 nitrogen and oxygen atoms in total. The summed E-state index contributed by atoms with van der Waals surface area (Å²) < 4.78 is 26.1. The molecule has 0 heterocycles. The molecule has 1 aromatic rings. The van der Waals surface area contributed by atoms with Crippen LogP contribution in [0.2, 0.25) is 0 Å². The Hall–Kier alpha value is -1.65. The van der Waals surface area contributed by atoms with Crippen molar-refractivity contribution in [3.05, 3.63) is 65.8 Å². The van der Waals surface area contributed by atoms with Gasteiger partial charge in [0.1, 0.15) is 0 Å². The molecule has 0 saturated heterocycles. The molecule has 1 aromatic carbocycles. The maximum absolute atomic E-state index is 13.1. The van der Waals surface area contributed by atoms with Gasteiger partial charge in [0.05, 0.1) is 16.2 Å². The molecule has 1 unspecified atom stereocenters. The SMILES string of the molecule is C=C(CC(C=C(C)C)S(=O)(=O)c1ccccc1)[C@@H]1CC=C(C)[C@H](O)C1. The first-order valence-electron chi connectivity index (χ1n) is 8.68. The van der Waals surface area contributed by atoms with E-state index in [4.69, 9.17) is 0 Å². The number of rotatable bonds is 6. The molecule has 0 fully saturated rings. The summed E-state index contributed by atoms with van der Waals surface area (Å²) in [5.41, 5.74) is 2.85. The largest absolute Gasteiger partial charge is 0.389 e. The number of hydrogen-bond donors (Lipinski definition) is 1. The molecule has 4 heteroatoms. The van der Waals surface area contributed by atoms with Crippen molar-refractivity contribution in [2.24, 2.45) is 5.92 Å². The summed E-state index contributed by atoms with van der Waals surface area (Å²) in [6.07, 6.45) is 5.21. The van der Waals surface area contributed by atoms with Gasteiger partial charge in [-0.25, -0.2) is 8.42 Å².